The highest BCUT2D eigenvalue weighted by atomic mass is 32.1. The van der Waals surface area contributed by atoms with E-state index in [0.717, 1.165) is 12.2 Å². The van der Waals surface area contributed by atoms with E-state index in [1.807, 2.05) is 0 Å². The van der Waals surface area contributed by atoms with Crippen LogP contribution in [0.2, 0.25) is 0 Å². The molecular weight excluding hydrogens is 134 g/mol. The van der Waals surface area contributed by atoms with Gasteiger partial charge in [0.25, 0.3) is 6.26 Å². The van der Waals surface area contributed by atoms with Crippen molar-refractivity contribution in [3.63, 3.8) is 0 Å². The fraction of sp³-hybridized carbons (Fsp3) is 0.500. The normalized spacial score (nSPS) is 6.22. The molecule has 0 aliphatic carbocycles. The van der Waals surface area contributed by atoms with Crippen LogP contribution in [0.15, 0.2) is 13.2 Å². The van der Waals surface area contributed by atoms with Crippen LogP contribution in [0.1, 0.15) is 6.42 Å². The number of hydrogen-bond acceptors (Lipinski definition) is 3. The van der Waals surface area contributed by atoms with Gasteiger partial charge in [0.1, 0.15) is 6.61 Å². The Bertz CT molecular complexity index is 79.6. The van der Waals surface area contributed by atoms with Crippen molar-refractivity contribution in [2.45, 2.75) is 6.42 Å². The molecule has 0 bridgehead atoms. The summed E-state index contributed by atoms with van der Waals surface area (Å²) in [5, 5.41) is 7.80. The molecule has 0 aromatic rings. The van der Waals surface area contributed by atoms with Crippen LogP contribution in [0.5, 0.6) is 0 Å². The van der Waals surface area contributed by atoms with Crippen LogP contribution < -0.4 is 0 Å². The van der Waals surface area contributed by atoms with E-state index in [0.29, 0.717) is 6.61 Å². The molecule has 0 fully saturated rings. The summed E-state index contributed by atoms with van der Waals surface area (Å²) in [6, 6.07) is 0. The van der Waals surface area contributed by atoms with Crippen LogP contribution in [-0.2, 0) is 4.74 Å². The lowest BCUT2D eigenvalue weighted by Crippen LogP contribution is -1.86. The van der Waals surface area contributed by atoms with Gasteiger partial charge in [-0.3, -0.25) is 0 Å². The van der Waals surface area contributed by atoms with E-state index in [4.69, 9.17) is 5.26 Å². The fourth-order valence-corrected chi connectivity index (χ4v) is 0.311. The summed E-state index contributed by atoms with van der Waals surface area (Å²) >= 11 is 3.90. The highest BCUT2D eigenvalue weighted by molar-refractivity contribution is 7.80. The van der Waals surface area contributed by atoms with Crippen molar-refractivity contribution < 1.29 is 4.74 Å². The van der Waals surface area contributed by atoms with Gasteiger partial charge in [-0.15, -0.1) is 13.2 Å². The van der Waals surface area contributed by atoms with E-state index in [-0.39, 0.29) is 0 Å². The van der Waals surface area contributed by atoms with E-state index in [2.05, 4.69) is 30.5 Å². The Morgan fingerprint density at radius 2 is 2.11 bits per heavy atom. The second kappa shape index (κ2) is 15.7. The number of nitrogens with zero attached hydrogens (tertiary/aromatic N) is 1. The summed E-state index contributed by atoms with van der Waals surface area (Å²) in [5.74, 6) is 0.779. The highest BCUT2D eigenvalue weighted by Crippen LogP contribution is 1.82. The van der Waals surface area contributed by atoms with Crippen molar-refractivity contribution in [1.29, 1.82) is 5.26 Å². The summed E-state index contributed by atoms with van der Waals surface area (Å²) < 4.78 is 4.33. The molecule has 0 rings (SSSR count). The Kier molecular flexibility index (Phi) is 19.5. The number of ether oxygens (including phenoxy) is 1. The van der Waals surface area contributed by atoms with Crippen LogP contribution in [0.3, 0.4) is 0 Å². The van der Waals surface area contributed by atoms with Crippen LogP contribution in [0.25, 0.3) is 0 Å². The largest absolute Gasteiger partial charge is 0.427 e. The third kappa shape index (κ3) is 18.7. The Morgan fingerprint density at radius 1 is 1.56 bits per heavy atom. The first-order valence-electron chi connectivity index (χ1n) is 2.53. The molecule has 9 heavy (non-hydrogen) atoms. The molecule has 0 atom stereocenters. The van der Waals surface area contributed by atoms with Gasteiger partial charge >= 0.3 is 0 Å². The van der Waals surface area contributed by atoms with Crippen molar-refractivity contribution in [3.8, 4) is 6.26 Å². The average molecular weight is 145 g/mol. The van der Waals surface area contributed by atoms with Gasteiger partial charge < -0.3 is 4.74 Å². The molecular formula is C6H11NOS. The van der Waals surface area contributed by atoms with Gasteiger partial charge in [0.05, 0.1) is 0 Å². The molecule has 0 heterocycles. The van der Waals surface area contributed by atoms with E-state index in [1.165, 1.54) is 0 Å². The molecule has 0 saturated heterocycles. The van der Waals surface area contributed by atoms with Crippen molar-refractivity contribution in [2.75, 3.05) is 12.4 Å². The zero-order valence-electron chi connectivity index (χ0n) is 5.34. The molecule has 0 aliphatic heterocycles. The van der Waals surface area contributed by atoms with Crippen molar-refractivity contribution in [3.05, 3.63) is 13.2 Å². The Labute approximate surface area is 61.5 Å². The minimum atomic E-state index is 0.500. The number of thiol groups is 1. The molecule has 0 radical (unpaired) electrons. The van der Waals surface area contributed by atoms with Crippen LogP contribution >= 0.6 is 12.6 Å². The molecule has 0 aliphatic rings. The molecule has 0 saturated carbocycles. The third-order valence-corrected chi connectivity index (χ3v) is 0.785. The lowest BCUT2D eigenvalue weighted by molar-refractivity contribution is 0.272. The maximum atomic E-state index is 7.80. The second-order valence-electron chi connectivity index (χ2n) is 1.02. The van der Waals surface area contributed by atoms with Gasteiger partial charge in [-0.1, -0.05) is 0 Å². The van der Waals surface area contributed by atoms with Crippen molar-refractivity contribution in [1.82, 2.24) is 0 Å². The fourth-order valence-electron chi connectivity index (χ4n) is 0.182. The summed E-state index contributed by atoms with van der Waals surface area (Å²) in [6.07, 6.45) is 2.41. The Morgan fingerprint density at radius 3 is 2.44 bits per heavy atom. The topological polar surface area (TPSA) is 33.0 Å². The first-order chi connectivity index (χ1) is 4.41. The minimum absolute atomic E-state index is 0.500. The average Bonchev–Trinajstić information content (AvgIpc) is 1.94. The summed E-state index contributed by atoms with van der Waals surface area (Å²) in [4.78, 5) is 0. The number of rotatable bonds is 3. The quantitative estimate of drug-likeness (QED) is 0.283. The molecule has 2 nitrogen and oxygen atoms in total. The summed E-state index contributed by atoms with van der Waals surface area (Å²) in [5.41, 5.74) is 0. The lowest BCUT2D eigenvalue weighted by Gasteiger charge is -1.88. The predicted octanol–water partition coefficient (Wildman–Crippen LogP) is 1.61. The van der Waals surface area contributed by atoms with Gasteiger partial charge in [0.15, 0.2) is 0 Å². The van der Waals surface area contributed by atoms with Crippen molar-refractivity contribution >= 4 is 12.6 Å². The zero-order valence-corrected chi connectivity index (χ0v) is 6.23. The second-order valence-corrected chi connectivity index (χ2v) is 1.46. The van der Waals surface area contributed by atoms with E-state index in [9.17, 15) is 0 Å². The smallest absolute Gasteiger partial charge is 0.286 e. The molecule has 3 heteroatoms. The van der Waals surface area contributed by atoms with Crippen LogP contribution in [0.4, 0.5) is 0 Å². The van der Waals surface area contributed by atoms with Crippen molar-refractivity contribution in [2.24, 2.45) is 0 Å². The zero-order chi connectivity index (χ0) is 7.54. The van der Waals surface area contributed by atoms with E-state index < -0.39 is 0 Å². The molecule has 0 N–H and O–H groups in total. The molecule has 0 aromatic heterocycles. The van der Waals surface area contributed by atoms with E-state index >= 15 is 0 Å². The maximum absolute atomic E-state index is 7.80. The summed E-state index contributed by atoms with van der Waals surface area (Å²) in [6.45, 7) is 6.50. The monoisotopic (exact) mass is 145 g/mol. The standard InChI is InChI=1S/C4H7NOS.C2H4/c5-4-6-2-1-3-7;1-2/h7H,1-3H2;1-2H2. The van der Waals surface area contributed by atoms with Gasteiger partial charge in [0.2, 0.25) is 0 Å². The Balaban J connectivity index is 0. The molecule has 0 unspecified atom stereocenters. The predicted molar refractivity (Wildman–Crippen MR) is 41.3 cm³/mol. The molecule has 0 aromatic carbocycles. The van der Waals surface area contributed by atoms with Gasteiger partial charge in [-0.05, 0) is 12.2 Å². The van der Waals surface area contributed by atoms with Gasteiger partial charge in [-0.2, -0.15) is 17.9 Å². The first-order valence-corrected chi connectivity index (χ1v) is 3.17. The lowest BCUT2D eigenvalue weighted by atomic mass is 10.5. The first kappa shape index (κ1) is 11.2. The van der Waals surface area contributed by atoms with Gasteiger partial charge in [0, 0.05) is 0 Å². The van der Waals surface area contributed by atoms with Gasteiger partial charge in [-0.25, -0.2) is 0 Å². The number of nitriles is 1. The van der Waals surface area contributed by atoms with E-state index in [1.54, 1.807) is 6.26 Å². The molecule has 0 spiro atoms. The SMILES string of the molecule is C=C.N#COCCCS. The minimum Gasteiger partial charge on any atom is -0.427 e. The molecule has 0 amide bonds. The maximum Gasteiger partial charge on any atom is 0.286 e. The van der Waals surface area contributed by atoms with Crippen LogP contribution in [0, 0.1) is 11.5 Å². The van der Waals surface area contributed by atoms with Crippen LogP contribution in [-0.4, -0.2) is 12.4 Å². The third-order valence-electron chi connectivity index (χ3n) is 0.469. The Hall–Kier alpha value is -0.620. The number of hydrogen-bond donors (Lipinski definition) is 1. The summed E-state index contributed by atoms with van der Waals surface area (Å²) in [7, 11) is 0. The molecule has 52 valence electrons. The highest BCUT2D eigenvalue weighted by Gasteiger charge is 1.79.